The molecule has 2 heterocycles. The van der Waals surface area contributed by atoms with E-state index in [1.165, 1.54) is 54.9 Å². The number of carbonyl (C=O) groups is 2. The number of hydrogen-bond donors (Lipinski definition) is 1. The van der Waals surface area contributed by atoms with Gasteiger partial charge in [-0.1, -0.05) is 49.4 Å². The first-order valence-corrected chi connectivity index (χ1v) is 13.2. The molecular weight excluding hydrogens is 682 g/mol. The number of aromatic nitrogens is 4. The van der Waals surface area contributed by atoms with Crippen LogP contribution in [-0.2, 0) is 21.8 Å². The van der Waals surface area contributed by atoms with Crippen molar-refractivity contribution in [1.82, 2.24) is 30.1 Å². The number of halogens is 6. The number of nitrogens with zero attached hydrogens (tertiary/aromatic N) is 7. The predicted octanol–water partition coefficient (Wildman–Crippen LogP) is 5.74. The van der Waals surface area contributed by atoms with Gasteiger partial charge in [0.1, 0.15) is 0 Å². The van der Waals surface area contributed by atoms with Crippen LogP contribution in [0.1, 0.15) is 47.4 Å². The Labute approximate surface area is 283 Å². The Morgan fingerprint density at radius 1 is 0.760 bits per heavy atom. The molecular formula is C30H38F6N8O6. The van der Waals surface area contributed by atoms with Crippen LogP contribution in [0, 0.1) is 0 Å². The average Bonchev–Trinajstić information content (AvgIpc) is 3.73. The molecule has 20 heteroatoms. The van der Waals surface area contributed by atoms with Gasteiger partial charge in [0, 0.05) is 50.6 Å². The first kappa shape index (κ1) is 44.8. The second-order valence-electron chi connectivity index (χ2n) is 9.62. The molecule has 4 aromatic rings. The molecule has 0 aliphatic carbocycles. The van der Waals surface area contributed by atoms with E-state index in [-0.39, 0.29) is 38.5 Å². The van der Waals surface area contributed by atoms with Gasteiger partial charge in [-0.15, -0.1) is 0 Å². The summed E-state index contributed by atoms with van der Waals surface area (Å²) >= 11 is 0. The number of alkyl halides is 6. The molecule has 14 nitrogen and oxygen atoms in total. The molecule has 0 bridgehead atoms. The molecule has 2 aromatic heterocycles. The van der Waals surface area contributed by atoms with Crippen LogP contribution in [0.15, 0.2) is 62.6 Å². The van der Waals surface area contributed by atoms with E-state index in [2.05, 4.69) is 34.3 Å². The molecule has 276 valence electrons. The molecule has 2 amide bonds. The number of benzene rings is 2. The normalized spacial score (nSPS) is 11.2. The van der Waals surface area contributed by atoms with E-state index in [0.717, 1.165) is 0 Å². The van der Waals surface area contributed by atoms with E-state index in [4.69, 9.17) is 15.2 Å². The van der Waals surface area contributed by atoms with E-state index in [1.807, 2.05) is 19.0 Å². The van der Waals surface area contributed by atoms with Crippen molar-refractivity contribution in [3.63, 3.8) is 0 Å². The summed E-state index contributed by atoms with van der Waals surface area (Å²) in [5.74, 6) is -4.36. The number of aliphatic imine (C=N–C) groups is 1. The number of primary amides is 1. The topological polar surface area (TPSA) is 175 Å². The first-order chi connectivity index (χ1) is 22.4. The van der Waals surface area contributed by atoms with Crippen molar-refractivity contribution in [3.05, 3.63) is 71.4 Å². The number of amides is 2. The van der Waals surface area contributed by atoms with Crippen molar-refractivity contribution < 1.29 is 54.5 Å². The van der Waals surface area contributed by atoms with Crippen molar-refractivity contribution in [2.24, 2.45) is 10.7 Å². The second kappa shape index (κ2) is 19.7. The highest BCUT2D eigenvalue weighted by atomic mass is 19.4. The molecule has 0 unspecified atom stereocenters. The van der Waals surface area contributed by atoms with Crippen molar-refractivity contribution in [2.45, 2.75) is 33.6 Å². The predicted molar refractivity (Wildman–Crippen MR) is 169 cm³/mol. The van der Waals surface area contributed by atoms with Gasteiger partial charge >= 0.3 is 24.1 Å². The van der Waals surface area contributed by atoms with Crippen LogP contribution in [0.5, 0.6) is 0 Å². The van der Waals surface area contributed by atoms with Crippen molar-refractivity contribution in [1.29, 1.82) is 0 Å². The monoisotopic (exact) mass is 720 g/mol. The van der Waals surface area contributed by atoms with Gasteiger partial charge in [-0.25, -0.2) is 0 Å². The van der Waals surface area contributed by atoms with E-state index >= 15 is 0 Å². The lowest BCUT2D eigenvalue weighted by Crippen LogP contribution is -2.30. The molecule has 0 fully saturated rings. The summed E-state index contributed by atoms with van der Waals surface area (Å²) in [6, 6.07) is 11.2. The lowest BCUT2D eigenvalue weighted by Gasteiger charge is -2.19. The van der Waals surface area contributed by atoms with Gasteiger partial charge in [-0.05, 0) is 38.4 Å². The van der Waals surface area contributed by atoms with Crippen molar-refractivity contribution in [3.8, 4) is 22.8 Å². The maximum Gasteiger partial charge on any atom is 0.471 e. The van der Waals surface area contributed by atoms with Gasteiger partial charge in [0.25, 0.3) is 5.91 Å². The molecule has 0 aliphatic heterocycles. The number of rotatable bonds is 8. The Kier molecular flexibility index (Phi) is 17.7. The summed E-state index contributed by atoms with van der Waals surface area (Å²) in [7, 11) is 10.4. The quantitative estimate of drug-likeness (QED) is 0.101. The average molecular weight is 721 g/mol. The third kappa shape index (κ3) is 13.7. The minimum Gasteiger partial charge on any atom is -0.369 e. The summed E-state index contributed by atoms with van der Waals surface area (Å²) in [6.07, 6.45) is -8.24. The van der Waals surface area contributed by atoms with Gasteiger partial charge < -0.3 is 29.2 Å². The largest absolute Gasteiger partial charge is 0.471 e. The highest BCUT2D eigenvalue weighted by molar-refractivity contribution is 5.98. The maximum atomic E-state index is 12.4. The lowest BCUT2D eigenvalue weighted by molar-refractivity contribution is -0.179. The summed E-state index contributed by atoms with van der Waals surface area (Å²) in [4.78, 5) is 36.1. The van der Waals surface area contributed by atoms with Gasteiger partial charge in [0.2, 0.25) is 24.0 Å². The number of carbonyl (C=O) groups excluding carboxylic acids is 2. The Morgan fingerprint density at radius 3 is 1.40 bits per heavy atom. The van der Waals surface area contributed by atoms with Crippen LogP contribution in [0.2, 0.25) is 0 Å². The molecule has 0 spiro atoms. The van der Waals surface area contributed by atoms with Crippen LogP contribution in [0.4, 0.5) is 26.3 Å². The summed E-state index contributed by atoms with van der Waals surface area (Å²) in [5, 5.41) is 6.46. The summed E-state index contributed by atoms with van der Waals surface area (Å²) < 4.78 is 91.8. The molecule has 0 saturated carbocycles. The number of methoxy groups -OCH3 is 2. The van der Waals surface area contributed by atoms with Gasteiger partial charge in [0.15, 0.2) is 0 Å². The van der Waals surface area contributed by atoms with E-state index < -0.39 is 35.9 Å². The number of hydrogen-bond acceptors (Lipinski definition) is 11. The third-order valence-electron chi connectivity index (χ3n) is 5.39. The fourth-order valence-electron chi connectivity index (χ4n) is 3.22. The van der Waals surface area contributed by atoms with E-state index in [9.17, 15) is 35.9 Å². The Bertz CT molecular complexity index is 1630. The Balaban J connectivity index is 0.000000775. The van der Waals surface area contributed by atoms with Crippen LogP contribution in [-0.4, -0.2) is 97.1 Å². The fraction of sp³-hybridized carbons (Fsp3) is 0.367. The van der Waals surface area contributed by atoms with Crippen LogP contribution in [0.25, 0.3) is 22.8 Å². The van der Waals surface area contributed by atoms with Crippen molar-refractivity contribution >= 4 is 18.2 Å². The molecule has 0 radical (unpaired) electrons. The Morgan fingerprint density at radius 2 is 1.14 bits per heavy atom. The van der Waals surface area contributed by atoms with Gasteiger partial charge in [0.05, 0.1) is 6.34 Å². The molecule has 50 heavy (non-hydrogen) atoms. The minimum absolute atomic E-state index is 0. The lowest BCUT2D eigenvalue weighted by atomic mass is 10.1. The molecule has 0 aliphatic rings. The Hall–Kier alpha value is -5.21. The smallest absolute Gasteiger partial charge is 0.369 e. The van der Waals surface area contributed by atoms with Crippen LogP contribution in [0.3, 0.4) is 0 Å². The molecule has 0 atom stereocenters. The van der Waals surface area contributed by atoms with Gasteiger partial charge in [-0.2, -0.15) is 41.3 Å². The zero-order valence-electron chi connectivity index (χ0n) is 26.2. The minimum atomic E-state index is -4.69. The first-order valence-electron chi connectivity index (χ1n) is 13.2. The SMILES string of the molecule is C.C.CN(C)C=NC(=O)c1ccc(-c2noc(C(F)(F)F)n2)cc1.COC(OC)N(C)C.NC(=O)c1ccc(-c2noc(C(F)(F)F)n2)cc1. The zero-order valence-corrected chi connectivity index (χ0v) is 26.2. The highest BCUT2D eigenvalue weighted by Gasteiger charge is 2.39. The van der Waals surface area contributed by atoms with E-state index in [1.54, 1.807) is 33.2 Å². The number of nitrogens with two attached hydrogens (primary N) is 1. The zero-order chi connectivity index (χ0) is 36.2. The molecule has 2 aromatic carbocycles. The van der Waals surface area contributed by atoms with Crippen molar-refractivity contribution in [2.75, 3.05) is 42.4 Å². The molecule has 2 N–H and O–H groups in total. The fourth-order valence-corrected chi connectivity index (χ4v) is 3.22. The standard InChI is InChI=1S/C13H11F3N4O2.C10H6F3N3O2.C5H13NO2.2CH4/c1-20(2)7-17-11(21)9-5-3-8(4-6-9)10-18-12(22-19-10)13(14,15)16;11-10(12,13)9-15-8(16-18-9)6-3-1-5(2-4-6)7(14)17;1-6(2)5(7-3)8-4;;/h3-7H,1-2H3;1-4H,(H2,14,17);5H,1-4H3;2*1H4. The third-order valence-corrected chi connectivity index (χ3v) is 5.39. The maximum absolute atomic E-state index is 12.4. The van der Waals surface area contributed by atoms with Crippen LogP contribution >= 0.6 is 0 Å². The van der Waals surface area contributed by atoms with Crippen LogP contribution < -0.4 is 5.73 Å². The summed E-state index contributed by atoms with van der Waals surface area (Å²) in [5.41, 5.74) is 6.14. The van der Waals surface area contributed by atoms with E-state index in [0.29, 0.717) is 16.7 Å². The number of ether oxygens (including phenoxy) is 2. The highest BCUT2D eigenvalue weighted by Crippen LogP contribution is 2.30. The summed E-state index contributed by atoms with van der Waals surface area (Å²) in [6.45, 7) is 0. The second-order valence-corrected chi connectivity index (χ2v) is 9.62. The van der Waals surface area contributed by atoms with Gasteiger partial charge in [-0.3, -0.25) is 14.5 Å². The molecule has 0 saturated heterocycles. The molecule has 4 rings (SSSR count).